The van der Waals surface area contributed by atoms with Crippen molar-refractivity contribution < 1.29 is 23.8 Å². The molecule has 2 aromatic rings. The number of nitrogens with one attached hydrogen (secondary N) is 1. The molecule has 1 atom stereocenters. The molecule has 2 N–H and O–H groups in total. The summed E-state index contributed by atoms with van der Waals surface area (Å²) >= 11 is 0. The van der Waals surface area contributed by atoms with Crippen LogP contribution in [-0.2, 0) is 11.2 Å². The van der Waals surface area contributed by atoms with Gasteiger partial charge in [0.05, 0.1) is 6.04 Å². The molecule has 1 aliphatic heterocycles. The van der Waals surface area contributed by atoms with E-state index in [0.717, 1.165) is 5.56 Å². The van der Waals surface area contributed by atoms with Crippen LogP contribution in [-0.4, -0.2) is 34.7 Å². The van der Waals surface area contributed by atoms with E-state index in [4.69, 9.17) is 4.74 Å². The zero-order valence-corrected chi connectivity index (χ0v) is 14.3. The molecule has 1 unspecified atom stereocenters. The van der Waals surface area contributed by atoms with Gasteiger partial charge in [0.2, 0.25) is 11.8 Å². The third-order valence-corrected chi connectivity index (χ3v) is 4.02. The van der Waals surface area contributed by atoms with E-state index in [1.165, 1.54) is 24.0 Å². The van der Waals surface area contributed by atoms with Crippen LogP contribution >= 0.6 is 0 Å². The minimum atomic E-state index is -1.11. The Kier molecular flexibility index (Phi) is 4.75. The van der Waals surface area contributed by atoms with Crippen LogP contribution in [0.15, 0.2) is 30.3 Å². The topological polar surface area (TPSA) is 91.8 Å². The monoisotopic (exact) mass is 359 g/mol. The molecule has 7 nitrogen and oxygen atoms in total. The van der Waals surface area contributed by atoms with Crippen LogP contribution in [0.5, 0.6) is 5.88 Å². The number of anilines is 2. The van der Waals surface area contributed by atoms with Crippen molar-refractivity contribution in [2.75, 3.05) is 16.8 Å². The van der Waals surface area contributed by atoms with Crippen molar-refractivity contribution in [1.29, 1.82) is 0 Å². The number of carbonyl (C=O) groups excluding carboxylic acids is 1. The Bertz CT molecular complexity index is 854. The first-order valence-corrected chi connectivity index (χ1v) is 8.06. The molecule has 0 spiro atoms. The Labute approximate surface area is 149 Å². The molecular formula is C18H18FN3O4. The van der Waals surface area contributed by atoms with E-state index in [1.54, 1.807) is 25.1 Å². The van der Waals surface area contributed by atoms with Gasteiger partial charge in [-0.3, -0.25) is 9.69 Å². The van der Waals surface area contributed by atoms with Crippen LogP contribution in [0.25, 0.3) is 0 Å². The number of pyridine rings is 1. The summed E-state index contributed by atoms with van der Waals surface area (Å²) in [5.74, 6) is -0.215. The van der Waals surface area contributed by atoms with Gasteiger partial charge < -0.3 is 15.2 Å². The van der Waals surface area contributed by atoms with Crippen LogP contribution in [0.2, 0.25) is 0 Å². The molecule has 0 bridgehead atoms. The Morgan fingerprint density at radius 1 is 1.38 bits per heavy atom. The van der Waals surface area contributed by atoms with E-state index in [1.807, 2.05) is 0 Å². The van der Waals surface area contributed by atoms with E-state index >= 15 is 0 Å². The fourth-order valence-corrected chi connectivity index (χ4v) is 2.84. The lowest BCUT2D eigenvalue weighted by atomic mass is 10.0. The van der Waals surface area contributed by atoms with Crippen LogP contribution in [0.4, 0.5) is 20.7 Å². The molecule has 26 heavy (non-hydrogen) atoms. The van der Waals surface area contributed by atoms with Crippen LogP contribution in [0.3, 0.4) is 0 Å². The highest BCUT2D eigenvalue weighted by molar-refractivity contribution is 5.92. The highest BCUT2D eigenvalue weighted by Gasteiger charge is 2.31. The molecule has 0 saturated carbocycles. The van der Waals surface area contributed by atoms with Crippen molar-refractivity contribution in [3.63, 3.8) is 0 Å². The number of benzene rings is 1. The standard InChI is InChI=1S/C18H18FN3O4/c1-10-9-26-17-15(22(10)18(24)25)8-13(16(21-17)20-11(2)23)7-12-3-5-14(19)6-4-12/h3-6,8,10H,7,9H2,1-2H3,(H,24,25)(H,20,21,23). The summed E-state index contributed by atoms with van der Waals surface area (Å²) in [6, 6.07) is 7.20. The third kappa shape index (κ3) is 3.58. The van der Waals surface area contributed by atoms with E-state index < -0.39 is 6.09 Å². The van der Waals surface area contributed by atoms with Crippen LogP contribution in [0, 0.1) is 5.82 Å². The summed E-state index contributed by atoms with van der Waals surface area (Å²) in [6.07, 6.45) is -0.762. The number of ether oxygens (including phenoxy) is 1. The van der Waals surface area contributed by atoms with Crippen molar-refractivity contribution in [2.45, 2.75) is 26.3 Å². The highest BCUT2D eigenvalue weighted by atomic mass is 19.1. The maximum atomic E-state index is 13.1. The lowest BCUT2D eigenvalue weighted by Crippen LogP contribution is -2.44. The molecule has 2 amide bonds. The molecule has 1 aromatic heterocycles. The number of hydrogen-bond acceptors (Lipinski definition) is 4. The first-order valence-electron chi connectivity index (χ1n) is 8.06. The predicted octanol–water partition coefficient (Wildman–Crippen LogP) is 3.04. The fourth-order valence-electron chi connectivity index (χ4n) is 2.84. The van der Waals surface area contributed by atoms with E-state index in [2.05, 4.69) is 10.3 Å². The quantitative estimate of drug-likeness (QED) is 0.879. The minimum absolute atomic E-state index is 0.150. The summed E-state index contributed by atoms with van der Waals surface area (Å²) in [7, 11) is 0. The molecule has 8 heteroatoms. The summed E-state index contributed by atoms with van der Waals surface area (Å²) in [6.45, 7) is 3.26. The number of amides is 2. The lowest BCUT2D eigenvalue weighted by molar-refractivity contribution is -0.114. The lowest BCUT2D eigenvalue weighted by Gasteiger charge is -2.32. The molecular weight excluding hydrogens is 341 g/mol. The van der Waals surface area contributed by atoms with Crippen molar-refractivity contribution in [2.24, 2.45) is 0 Å². The van der Waals surface area contributed by atoms with Crippen molar-refractivity contribution in [1.82, 2.24) is 4.98 Å². The van der Waals surface area contributed by atoms with Gasteiger partial charge in [-0.1, -0.05) is 12.1 Å². The zero-order valence-electron chi connectivity index (χ0n) is 14.3. The fraction of sp³-hybridized carbons (Fsp3) is 0.278. The van der Waals surface area contributed by atoms with Gasteiger partial charge in [-0.25, -0.2) is 9.18 Å². The smallest absolute Gasteiger partial charge is 0.412 e. The number of carboxylic acid groups (broad SMARTS) is 1. The first kappa shape index (κ1) is 17.7. The second-order valence-corrected chi connectivity index (χ2v) is 6.12. The Balaban J connectivity index is 2.06. The average molecular weight is 359 g/mol. The SMILES string of the molecule is CC(=O)Nc1nc2c(cc1Cc1ccc(F)cc1)N(C(=O)O)C(C)CO2. The normalized spacial score (nSPS) is 15.8. The molecule has 0 radical (unpaired) electrons. The van der Waals surface area contributed by atoms with Crippen molar-refractivity contribution in [3.8, 4) is 5.88 Å². The van der Waals surface area contributed by atoms with Gasteiger partial charge in [0.1, 0.15) is 23.9 Å². The number of aromatic nitrogens is 1. The second kappa shape index (κ2) is 6.99. The molecule has 136 valence electrons. The van der Waals surface area contributed by atoms with Crippen LogP contribution in [0.1, 0.15) is 25.0 Å². The Morgan fingerprint density at radius 2 is 2.08 bits per heavy atom. The largest absolute Gasteiger partial charge is 0.474 e. The molecule has 0 saturated heterocycles. The van der Waals surface area contributed by atoms with Gasteiger partial charge in [0.15, 0.2) is 0 Å². The predicted molar refractivity (Wildman–Crippen MR) is 93.2 cm³/mol. The molecule has 1 aromatic carbocycles. The number of fused-ring (bicyclic) bond motifs is 1. The maximum absolute atomic E-state index is 13.1. The molecule has 3 rings (SSSR count). The highest BCUT2D eigenvalue weighted by Crippen LogP contribution is 2.36. The van der Waals surface area contributed by atoms with Gasteiger partial charge in [0.25, 0.3) is 0 Å². The van der Waals surface area contributed by atoms with E-state index in [9.17, 15) is 19.1 Å². The Morgan fingerprint density at radius 3 is 2.69 bits per heavy atom. The van der Waals surface area contributed by atoms with Crippen LogP contribution < -0.4 is 15.0 Å². The number of carbonyl (C=O) groups is 2. The second-order valence-electron chi connectivity index (χ2n) is 6.12. The first-order chi connectivity index (χ1) is 12.3. The van der Waals surface area contributed by atoms with Gasteiger partial charge >= 0.3 is 6.09 Å². The van der Waals surface area contributed by atoms with Crippen molar-refractivity contribution in [3.05, 3.63) is 47.3 Å². The summed E-state index contributed by atoms with van der Waals surface area (Å²) in [5, 5.41) is 12.2. The number of nitrogens with zero attached hydrogens (tertiary/aromatic N) is 2. The molecule has 1 aliphatic rings. The number of halogens is 1. The number of rotatable bonds is 3. The maximum Gasteiger partial charge on any atom is 0.412 e. The summed E-state index contributed by atoms with van der Waals surface area (Å²) < 4.78 is 18.7. The van der Waals surface area contributed by atoms with Gasteiger partial charge in [-0.15, -0.1) is 0 Å². The Hall–Kier alpha value is -3.16. The molecule has 0 aliphatic carbocycles. The molecule has 0 fully saturated rings. The molecule has 2 heterocycles. The van der Waals surface area contributed by atoms with E-state index in [0.29, 0.717) is 23.5 Å². The third-order valence-electron chi connectivity index (χ3n) is 4.02. The summed E-state index contributed by atoms with van der Waals surface area (Å²) in [4.78, 5) is 28.6. The summed E-state index contributed by atoms with van der Waals surface area (Å²) in [5.41, 5.74) is 1.73. The van der Waals surface area contributed by atoms with Gasteiger partial charge in [0, 0.05) is 18.9 Å². The van der Waals surface area contributed by atoms with Gasteiger partial charge in [-0.2, -0.15) is 4.98 Å². The van der Waals surface area contributed by atoms with Gasteiger partial charge in [-0.05, 0) is 30.7 Å². The average Bonchev–Trinajstić information content (AvgIpc) is 2.56. The minimum Gasteiger partial charge on any atom is -0.474 e. The number of hydrogen-bond donors (Lipinski definition) is 2. The zero-order chi connectivity index (χ0) is 18.8. The van der Waals surface area contributed by atoms with Crippen molar-refractivity contribution >= 4 is 23.5 Å². The van der Waals surface area contributed by atoms with E-state index in [-0.39, 0.29) is 30.3 Å².